The van der Waals surface area contributed by atoms with Crippen molar-refractivity contribution in [2.24, 2.45) is 5.16 Å². The summed E-state index contributed by atoms with van der Waals surface area (Å²) in [5, 5.41) is 10.6. The number of carbonyl (C=O) groups is 1. The highest BCUT2D eigenvalue weighted by Crippen LogP contribution is 2.28. The number of hydrogen-bond donors (Lipinski definition) is 3. The molecule has 0 aromatic heterocycles. The maximum absolute atomic E-state index is 12.5. The van der Waals surface area contributed by atoms with Crippen molar-refractivity contribution < 1.29 is 14.5 Å². The normalized spacial score (nSPS) is 18.6. The Labute approximate surface area is 204 Å². The van der Waals surface area contributed by atoms with E-state index in [1.54, 1.807) is 13.1 Å². The van der Waals surface area contributed by atoms with Gasteiger partial charge in [-0.15, -0.1) is 5.48 Å². The zero-order valence-corrected chi connectivity index (χ0v) is 20.9. The van der Waals surface area contributed by atoms with Gasteiger partial charge >= 0.3 is 0 Å². The summed E-state index contributed by atoms with van der Waals surface area (Å²) in [6.45, 7) is 9.93. The number of allylic oxidation sites excluding steroid dienone is 6. The highest BCUT2D eigenvalue weighted by Gasteiger charge is 2.20. The van der Waals surface area contributed by atoms with Crippen LogP contribution in [0, 0.1) is 0 Å². The summed E-state index contributed by atoms with van der Waals surface area (Å²) >= 11 is 0. The van der Waals surface area contributed by atoms with Crippen molar-refractivity contribution in [2.45, 2.75) is 58.4 Å². The maximum Gasteiger partial charge on any atom is 0.251 e. The first-order valence-corrected chi connectivity index (χ1v) is 12.2. The molecule has 1 unspecified atom stereocenters. The van der Waals surface area contributed by atoms with Crippen LogP contribution in [0.1, 0.15) is 52.4 Å². The summed E-state index contributed by atoms with van der Waals surface area (Å²) in [4.78, 5) is 17.4. The summed E-state index contributed by atoms with van der Waals surface area (Å²) in [5.41, 5.74) is 6.65. The highest BCUT2D eigenvalue weighted by atomic mass is 16.8. The van der Waals surface area contributed by atoms with Crippen LogP contribution in [0.25, 0.3) is 0 Å². The molecule has 0 aromatic rings. The molecule has 0 spiro atoms. The van der Waals surface area contributed by atoms with Crippen molar-refractivity contribution in [1.82, 2.24) is 16.1 Å². The van der Waals surface area contributed by atoms with Gasteiger partial charge < -0.3 is 20.3 Å². The molecule has 1 amide bonds. The molecule has 0 radical (unpaired) electrons. The number of hydroxylamine groups is 1. The van der Waals surface area contributed by atoms with Crippen LogP contribution < -0.4 is 16.1 Å². The van der Waals surface area contributed by atoms with Gasteiger partial charge in [0.1, 0.15) is 12.4 Å². The third kappa shape index (κ3) is 9.53. The van der Waals surface area contributed by atoms with E-state index < -0.39 is 0 Å². The van der Waals surface area contributed by atoms with Gasteiger partial charge in [-0.1, -0.05) is 56.0 Å². The lowest BCUT2D eigenvalue weighted by Gasteiger charge is -2.13. The van der Waals surface area contributed by atoms with Crippen LogP contribution in [0.3, 0.4) is 0 Å². The minimum absolute atomic E-state index is 0.0737. The second kappa shape index (κ2) is 15.9. The highest BCUT2D eigenvalue weighted by molar-refractivity contribution is 5.96. The minimum Gasteiger partial charge on any atom is -0.492 e. The Hall–Kier alpha value is -2.90. The van der Waals surface area contributed by atoms with Gasteiger partial charge in [-0.05, 0) is 61.9 Å². The van der Waals surface area contributed by atoms with Crippen molar-refractivity contribution in [3.8, 4) is 0 Å². The van der Waals surface area contributed by atoms with Gasteiger partial charge in [0.25, 0.3) is 5.91 Å². The number of oxime groups is 1. The molecule has 0 saturated carbocycles. The predicted molar refractivity (Wildman–Crippen MR) is 139 cm³/mol. The largest absolute Gasteiger partial charge is 0.492 e. The molecule has 2 aliphatic carbocycles. The van der Waals surface area contributed by atoms with Gasteiger partial charge in [-0.2, -0.15) is 0 Å². The third-order valence-corrected chi connectivity index (χ3v) is 5.64. The van der Waals surface area contributed by atoms with Crippen molar-refractivity contribution >= 4 is 11.6 Å². The van der Waals surface area contributed by atoms with E-state index in [-0.39, 0.29) is 5.91 Å². The molecule has 3 N–H and O–H groups in total. The van der Waals surface area contributed by atoms with Gasteiger partial charge in [0.05, 0.1) is 5.71 Å². The topological polar surface area (TPSA) is 84.0 Å². The Morgan fingerprint density at radius 1 is 1.24 bits per heavy atom. The Balaban J connectivity index is 1.71. The zero-order chi connectivity index (χ0) is 24.6. The Bertz CT molecular complexity index is 865. The average molecular weight is 469 g/mol. The number of ether oxygens (including phenoxy) is 1. The smallest absolute Gasteiger partial charge is 0.251 e. The van der Waals surface area contributed by atoms with Crippen LogP contribution >= 0.6 is 0 Å². The van der Waals surface area contributed by atoms with E-state index in [4.69, 9.17) is 9.68 Å². The SMILES string of the molecule is C=CC1=C(/C=C\CC)CC(NCCCNC(=O)C2=CC=C(OC/C(CC)=N/ONC)CC=C2)C1. The lowest BCUT2D eigenvalue weighted by molar-refractivity contribution is -0.117. The molecule has 0 aromatic carbocycles. The second-order valence-electron chi connectivity index (χ2n) is 8.19. The van der Waals surface area contributed by atoms with Crippen molar-refractivity contribution in [2.75, 3.05) is 26.7 Å². The molecule has 34 heavy (non-hydrogen) atoms. The fourth-order valence-electron chi connectivity index (χ4n) is 3.70. The van der Waals surface area contributed by atoms with E-state index >= 15 is 0 Å². The Morgan fingerprint density at radius 3 is 2.79 bits per heavy atom. The van der Waals surface area contributed by atoms with Crippen LogP contribution in [0.2, 0.25) is 0 Å². The molecule has 7 nitrogen and oxygen atoms in total. The first-order chi connectivity index (χ1) is 16.6. The van der Waals surface area contributed by atoms with Crippen LogP contribution in [0.15, 0.2) is 76.7 Å². The summed E-state index contributed by atoms with van der Waals surface area (Å²) in [6, 6.07) is 0.444. The number of carbonyl (C=O) groups excluding carboxylic acids is 1. The predicted octanol–water partition coefficient (Wildman–Crippen LogP) is 4.40. The molecule has 0 bridgehead atoms. The fourth-order valence-corrected chi connectivity index (χ4v) is 3.70. The van der Waals surface area contributed by atoms with E-state index in [9.17, 15) is 4.79 Å². The van der Waals surface area contributed by atoms with Crippen LogP contribution in [0.5, 0.6) is 0 Å². The first kappa shape index (κ1) is 27.3. The van der Waals surface area contributed by atoms with E-state index in [0.29, 0.717) is 31.2 Å². The molecule has 0 saturated heterocycles. The summed E-state index contributed by atoms with van der Waals surface area (Å²) in [7, 11) is 1.65. The molecule has 2 aliphatic rings. The summed E-state index contributed by atoms with van der Waals surface area (Å²) in [5.74, 6) is 0.710. The molecule has 1 atom stereocenters. The van der Waals surface area contributed by atoms with Gasteiger partial charge in [-0.3, -0.25) is 4.79 Å². The lowest BCUT2D eigenvalue weighted by atomic mass is 10.1. The first-order valence-electron chi connectivity index (χ1n) is 12.2. The minimum atomic E-state index is -0.0737. The van der Waals surface area contributed by atoms with E-state index in [0.717, 1.165) is 50.1 Å². The van der Waals surface area contributed by atoms with E-state index in [1.165, 1.54) is 11.1 Å². The van der Waals surface area contributed by atoms with Crippen molar-refractivity contribution in [3.05, 3.63) is 71.6 Å². The van der Waals surface area contributed by atoms with Crippen LogP contribution in [-0.2, 0) is 14.5 Å². The van der Waals surface area contributed by atoms with Gasteiger partial charge in [0.15, 0.2) is 0 Å². The quantitative estimate of drug-likeness (QED) is 0.189. The standard InChI is InChI=1S/C27H40N4O3/c1-5-8-11-23-19-25(18-21(23)6-2)29-16-10-17-30-27(32)22-12-9-13-26(15-14-22)33-20-24(7-3)31-34-28-4/h6,8-9,11-12,14-15,25,28-29H,2,5,7,10,13,16-20H2,1,3-4H3,(H,30,32)/b11-8-,31-24+. The van der Waals surface area contributed by atoms with Gasteiger partial charge in [-0.25, -0.2) is 0 Å². The Kier molecular flexibility index (Phi) is 12.7. The van der Waals surface area contributed by atoms with Gasteiger partial charge in [0.2, 0.25) is 0 Å². The maximum atomic E-state index is 12.5. The number of rotatable bonds is 15. The van der Waals surface area contributed by atoms with Crippen molar-refractivity contribution in [1.29, 1.82) is 0 Å². The third-order valence-electron chi connectivity index (χ3n) is 5.64. The summed E-state index contributed by atoms with van der Waals surface area (Å²) < 4.78 is 5.82. The molecule has 0 fully saturated rings. The number of nitrogens with zero attached hydrogens (tertiary/aromatic N) is 1. The monoisotopic (exact) mass is 468 g/mol. The number of hydrogen-bond acceptors (Lipinski definition) is 6. The average Bonchev–Trinajstić information content (AvgIpc) is 3.09. The molecular formula is C27H40N4O3. The zero-order valence-electron chi connectivity index (χ0n) is 20.9. The number of nitrogens with one attached hydrogen (secondary N) is 3. The molecular weight excluding hydrogens is 428 g/mol. The van der Waals surface area contributed by atoms with Crippen molar-refractivity contribution in [3.63, 3.8) is 0 Å². The van der Waals surface area contributed by atoms with E-state index in [1.807, 2.05) is 31.2 Å². The van der Waals surface area contributed by atoms with Crippen LogP contribution in [0.4, 0.5) is 0 Å². The molecule has 0 heterocycles. The molecule has 7 heteroatoms. The Morgan fingerprint density at radius 2 is 2.06 bits per heavy atom. The lowest BCUT2D eigenvalue weighted by Crippen LogP contribution is -2.32. The second-order valence-corrected chi connectivity index (χ2v) is 8.19. The molecule has 2 rings (SSSR count). The summed E-state index contributed by atoms with van der Waals surface area (Å²) in [6.07, 6.45) is 19.2. The number of amides is 1. The van der Waals surface area contributed by atoms with E-state index in [2.05, 4.69) is 46.9 Å². The molecule has 186 valence electrons. The fraction of sp³-hybridized carbons (Fsp3) is 0.481. The molecule has 0 aliphatic heterocycles. The van der Waals surface area contributed by atoms with Gasteiger partial charge in [0, 0.05) is 31.6 Å². The van der Waals surface area contributed by atoms with Crippen LogP contribution in [-0.4, -0.2) is 44.4 Å².